The van der Waals surface area contributed by atoms with Crippen LogP contribution in [0, 0.1) is 0 Å². The summed E-state index contributed by atoms with van der Waals surface area (Å²) in [6.45, 7) is 0.255. The summed E-state index contributed by atoms with van der Waals surface area (Å²) in [6.07, 6.45) is 2.90. The number of nitrogens with two attached hydrogens (primary N) is 1. The lowest BCUT2D eigenvalue weighted by atomic mass is 10.2. The highest BCUT2D eigenvalue weighted by molar-refractivity contribution is 9.10. The Bertz CT molecular complexity index is 526. The van der Waals surface area contributed by atoms with E-state index in [4.69, 9.17) is 5.73 Å². The number of carbonyl (C=O) groups is 1. The molecule has 0 radical (unpaired) electrons. The molecule has 8 heteroatoms. The molecule has 0 aliphatic rings. The zero-order chi connectivity index (χ0) is 12.3. The maximum atomic E-state index is 11.8. The zero-order valence-corrected chi connectivity index (χ0v) is 10.2. The molecule has 17 heavy (non-hydrogen) atoms. The predicted molar refractivity (Wildman–Crippen MR) is 63.9 cm³/mol. The number of nitrogens with zero attached hydrogens (tertiary/aromatic N) is 3. The van der Waals surface area contributed by atoms with Crippen molar-refractivity contribution in [1.82, 2.24) is 25.5 Å². The number of anilines is 1. The molecule has 4 N–H and O–H groups in total. The molecule has 0 atom stereocenters. The molecule has 0 bridgehead atoms. The van der Waals surface area contributed by atoms with E-state index in [0.29, 0.717) is 15.9 Å². The summed E-state index contributed by atoms with van der Waals surface area (Å²) in [4.78, 5) is 19.6. The van der Waals surface area contributed by atoms with E-state index in [1.165, 1.54) is 12.5 Å². The van der Waals surface area contributed by atoms with Crippen molar-refractivity contribution in [2.75, 3.05) is 5.73 Å². The van der Waals surface area contributed by atoms with Crippen LogP contribution in [-0.2, 0) is 6.54 Å². The van der Waals surface area contributed by atoms with Crippen LogP contribution in [0.1, 0.15) is 16.2 Å². The highest BCUT2D eigenvalue weighted by Gasteiger charge is 2.11. The Balaban J connectivity index is 2.07. The fourth-order valence-corrected chi connectivity index (χ4v) is 1.54. The summed E-state index contributed by atoms with van der Waals surface area (Å²) in [6, 6.07) is 1.61. The van der Waals surface area contributed by atoms with Crippen LogP contribution in [0.25, 0.3) is 0 Å². The third kappa shape index (κ3) is 2.78. The van der Waals surface area contributed by atoms with Gasteiger partial charge >= 0.3 is 0 Å². The molecular formula is C9H9BrN6O. The monoisotopic (exact) mass is 296 g/mol. The van der Waals surface area contributed by atoms with E-state index in [2.05, 4.69) is 41.4 Å². The van der Waals surface area contributed by atoms with Crippen molar-refractivity contribution < 1.29 is 4.79 Å². The standard InChI is InChI=1S/C9H9BrN6O/c10-5-1-6(8(11)12-2-5)9(17)13-3-7-14-4-15-16-7/h1-2,4H,3H2,(H2,11,12)(H,13,17)(H,14,15,16). The van der Waals surface area contributed by atoms with E-state index < -0.39 is 0 Å². The number of aromatic amines is 1. The highest BCUT2D eigenvalue weighted by Crippen LogP contribution is 2.15. The van der Waals surface area contributed by atoms with Crippen molar-refractivity contribution in [2.45, 2.75) is 6.54 Å². The highest BCUT2D eigenvalue weighted by atomic mass is 79.9. The summed E-state index contributed by atoms with van der Waals surface area (Å²) in [5.41, 5.74) is 5.93. The Kier molecular flexibility index (Phi) is 3.33. The third-order valence-electron chi connectivity index (χ3n) is 2.01. The number of nitrogens with one attached hydrogen (secondary N) is 2. The molecule has 0 saturated heterocycles. The van der Waals surface area contributed by atoms with Gasteiger partial charge in [0.2, 0.25) is 0 Å². The fraction of sp³-hybridized carbons (Fsp3) is 0.111. The van der Waals surface area contributed by atoms with Crippen LogP contribution in [0.2, 0.25) is 0 Å². The number of rotatable bonds is 3. The molecule has 2 aromatic heterocycles. The van der Waals surface area contributed by atoms with Crippen molar-refractivity contribution >= 4 is 27.7 Å². The van der Waals surface area contributed by atoms with Crippen LogP contribution in [0.4, 0.5) is 5.82 Å². The largest absolute Gasteiger partial charge is 0.383 e. The summed E-state index contributed by atoms with van der Waals surface area (Å²) in [5, 5.41) is 8.97. The van der Waals surface area contributed by atoms with E-state index in [1.54, 1.807) is 6.07 Å². The van der Waals surface area contributed by atoms with Crippen LogP contribution < -0.4 is 11.1 Å². The number of aromatic nitrogens is 4. The second-order valence-corrected chi connectivity index (χ2v) is 4.12. The third-order valence-corrected chi connectivity index (χ3v) is 2.44. The van der Waals surface area contributed by atoms with Crippen LogP contribution in [0.3, 0.4) is 0 Å². The van der Waals surface area contributed by atoms with Gasteiger partial charge in [-0.1, -0.05) is 0 Å². The molecule has 2 rings (SSSR count). The number of hydrogen-bond acceptors (Lipinski definition) is 5. The maximum Gasteiger partial charge on any atom is 0.255 e. The first-order valence-corrected chi connectivity index (χ1v) is 5.49. The summed E-state index contributed by atoms with van der Waals surface area (Å²) in [7, 11) is 0. The quantitative estimate of drug-likeness (QED) is 0.763. The number of carbonyl (C=O) groups excluding carboxylic acids is 1. The smallest absolute Gasteiger partial charge is 0.255 e. The molecule has 0 aliphatic carbocycles. The second kappa shape index (κ2) is 4.91. The predicted octanol–water partition coefficient (Wildman–Crippen LogP) is 0.474. The minimum Gasteiger partial charge on any atom is -0.383 e. The zero-order valence-electron chi connectivity index (χ0n) is 8.64. The number of halogens is 1. The number of hydrogen-bond donors (Lipinski definition) is 3. The summed E-state index contributed by atoms with van der Waals surface area (Å²) in [5.74, 6) is 0.441. The van der Waals surface area contributed by atoms with Crippen molar-refractivity contribution in [2.24, 2.45) is 0 Å². The van der Waals surface area contributed by atoms with Crippen LogP contribution >= 0.6 is 15.9 Å². The lowest BCUT2D eigenvalue weighted by molar-refractivity contribution is 0.0950. The van der Waals surface area contributed by atoms with E-state index >= 15 is 0 Å². The van der Waals surface area contributed by atoms with Gasteiger partial charge in [-0.15, -0.1) is 0 Å². The van der Waals surface area contributed by atoms with Gasteiger partial charge in [0.1, 0.15) is 18.0 Å². The number of H-pyrrole nitrogens is 1. The molecule has 0 fully saturated rings. The van der Waals surface area contributed by atoms with Gasteiger partial charge in [-0.25, -0.2) is 9.97 Å². The van der Waals surface area contributed by atoms with Crippen molar-refractivity contribution in [3.8, 4) is 0 Å². The SMILES string of the molecule is Nc1ncc(Br)cc1C(=O)NCc1ncn[nH]1. The van der Waals surface area contributed by atoms with Crippen molar-refractivity contribution in [3.05, 3.63) is 34.5 Å². The normalized spacial score (nSPS) is 10.2. The molecule has 2 heterocycles. The first kappa shape index (κ1) is 11.5. The van der Waals surface area contributed by atoms with Gasteiger partial charge in [0.15, 0.2) is 0 Å². The van der Waals surface area contributed by atoms with Gasteiger partial charge < -0.3 is 11.1 Å². The molecular weight excluding hydrogens is 288 g/mol. The van der Waals surface area contributed by atoms with Gasteiger partial charge in [-0.2, -0.15) is 5.10 Å². The van der Waals surface area contributed by atoms with Crippen molar-refractivity contribution in [3.63, 3.8) is 0 Å². The molecule has 0 spiro atoms. The van der Waals surface area contributed by atoms with Gasteiger partial charge in [0.05, 0.1) is 12.1 Å². The van der Waals surface area contributed by atoms with E-state index in [1.807, 2.05) is 0 Å². The van der Waals surface area contributed by atoms with Crippen LogP contribution in [0.5, 0.6) is 0 Å². The van der Waals surface area contributed by atoms with Gasteiger partial charge in [-0.3, -0.25) is 9.89 Å². The van der Waals surface area contributed by atoms with Crippen molar-refractivity contribution in [1.29, 1.82) is 0 Å². The topological polar surface area (TPSA) is 110 Å². The van der Waals surface area contributed by atoms with Gasteiger partial charge in [-0.05, 0) is 22.0 Å². The Morgan fingerprint density at radius 1 is 1.53 bits per heavy atom. The van der Waals surface area contributed by atoms with Gasteiger partial charge in [0, 0.05) is 10.7 Å². The minimum absolute atomic E-state index is 0.184. The van der Waals surface area contributed by atoms with E-state index in [-0.39, 0.29) is 18.3 Å². The second-order valence-electron chi connectivity index (χ2n) is 3.20. The first-order valence-electron chi connectivity index (χ1n) is 4.70. The average Bonchev–Trinajstić information content (AvgIpc) is 2.82. The molecule has 0 aromatic carbocycles. The lowest BCUT2D eigenvalue weighted by Crippen LogP contribution is -2.24. The van der Waals surface area contributed by atoms with Crippen LogP contribution in [0.15, 0.2) is 23.1 Å². The average molecular weight is 297 g/mol. The molecule has 2 aromatic rings. The molecule has 0 aliphatic heterocycles. The Morgan fingerprint density at radius 3 is 3.06 bits per heavy atom. The first-order chi connectivity index (χ1) is 8.16. The molecule has 88 valence electrons. The van der Waals surface area contributed by atoms with E-state index in [9.17, 15) is 4.79 Å². The summed E-state index contributed by atoms with van der Waals surface area (Å²) < 4.78 is 0.691. The fourth-order valence-electron chi connectivity index (χ4n) is 1.21. The Hall–Kier alpha value is -1.96. The molecule has 0 saturated carbocycles. The van der Waals surface area contributed by atoms with Crippen LogP contribution in [-0.4, -0.2) is 26.1 Å². The minimum atomic E-state index is -0.312. The molecule has 7 nitrogen and oxygen atoms in total. The molecule has 1 amide bonds. The number of amides is 1. The molecule has 0 unspecified atom stereocenters. The Morgan fingerprint density at radius 2 is 2.35 bits per heavy atom. The number of pyridine rings is 1. The van der Waals surface area contributed by atoms with Gasteiger partial charge in [0.25, 0.3) is 5.91 Å². The van der Waals surface area contributed by atoms with E-state index in [0.717, 1.165) is 0 Å². The maximum absolute atomic E-state index is 11.8. The number of nitrogen functional groups attached to an aromatic ring is 1. The Labute approximate surface area is 105 Å². The lowest BCUT2D eigenvalue weighted by Gasteiger charge is -2.05. The summed E-state index contributed by atoms with van der Waals surface area (Å²) >= 11 is 3.23.